The Kier molecular flexibility index (Phi) is 7.95. The van der Waals surface area contributed by atoms with E-state index in [0.717, 1.165) is 25.1 Å². The van der Waals surface area contributed by atoms with Gasteiger partial charge in [-0.25, -0.2) is 0 Å². The molecule has 0 saturated heterocycles. The first-order valence-corrected chi connectivity index (χ1v) is 7.67. The van der Waals surface area contributed by atoms with Gasteiger partial charge in [0.25, 0.3) is 0 Å². The van der Waals surface area contributed by atoms with Crippen molar-refractivity contribution in [1.29, 1.82) is 0 Å². The van der Waals surface area contributed by atoms with Gasteiger partial charge in [0.2, 0.25) is 0 Å². The Labute approximate surface area is 129 Å². The maximum Gasteiger partial charge on any atom is 0.172 e. The van der Waals surface area contributed by atoms with Crippen LogP contribution < -0.4 is 10.1 Å². The van der Waals surface area contributed by atoms with Crippen molar-refractivity contribution in [2.24, 2.45) is 5.92 Å². The molecule has 0 aliphatic heterocycles. The van der Waals surface area contributed by atoms with Gasteiger partial charge in [-0.3, -0.25) is 0 Å². The summed E-state index contributed by atoms with van der Waals surface area (Å²) in [6.45, 7) is 7.43. The summed E-state index contributed by atoms with van der Waals surface area (Å²) in [5, 5.41) is 13.0. The molecule has 114 valence electrons. The molecular weight excluding hydrogens is 322 g/mol. The Balaban J connectivity index is 2.27. The average molecular weight is 346 g/mol. The Hall–Kier alpha value is -0.780. The van der Waals surface area contributed by atoms with Crippen molar-refractivity contribution in [3.05, 3.63) is 22.2 Å². The summed E-state index contributed by atoms with van der Waals surface area (Å²) < 4.78 is 11.3. The first-order valence-electron chi connectivity index (χ1n) is 6.88. The molecule has 1 rings (SSSR count). The third-order valence-corrected chi connectivity index (χ3v) is 3.50. The van der Waals surface area contributed by atoms with Crippen LogP contribution in [-0.2, 0) is 11.3 Å². The van der Waals surface area contributed by atoms with Crippen LogP contribution in [0.1, 0.15) is 25.8 Å². The van der Waals surface area contributed by atoms with E-state index in [1.807, 2.05) is 12.1 Å². The van der Waals surface area contributed by atoms with Gasteiger partial charge in [0, 0.05) is 19.7 Å². The molecule has 0 spiro atoms. The van der Waals surface area contributed by atoms with Crippen molar-refractivity contribution in [3.63, 3.8) is 0 Å². The first kappa shape index (κ1) is 17.3. The molecule has 0 aromatic heterocycles. The third kappa shape index (κ3) is 6.11. The molecule has 0 saturated carbocycles. The minimum absolute atomic E-state index is 0.133. The minimum atomic E-state index is 0.133. The van der Waals surface area contributed by atoms with Crippen molar-refractivity contribution < 1.29 is 14.6 Å². The van der Waals surface area contributed by atoms with Crippen LogP contribution in [0.3, 0.4) is 0 Å². The molecule has 0 unspecified atom stereocenters. The van der Waals surface area contributed by atoms with Crippen LogP contribution in [0.2, 0.25) is 0 Å². The minimum Gasteiger partial charge on any atom is -0.503 e. The number of hydrogen-bond donors (Lipinski definition) is 2. The number of nitrogens with one attached hydrogen (secondary N) is 1. The van der Waals surface area contributed by atoms with E-state index in [-0.39, 0.29) is 5.75 Å². The topological polar surface area (TPSA) is 50.7 Å². The van der Waals surface area contributed by atoms with E-state index in [1.165, 1.54) is 0 Å². The molecule has 0 radical (unpaired) electrons. The van der Waals surface area contributed by atoms with Crippen LogP contribution in [0.5, 0.6) is 11.5 Å². The molecular formula is C15H24BrNO3. The predicted octanol–water partition coefficient (Wildman–Crippen LogP) is 3.32. The van der Waals surface area contributed by atoms with Gasteiger partial charge in [-0.15, -0.1) is 0 Å². The van der Waals surface area contributed by atoms with Gasteiger partial charge >= 0.3 is 0 Å². The molecule has 0 fully saturated rings. The lowest BCUT2D eigenvalue weighted by atomic mass is 10.1. The number of hydrogen-bond acceptors (Lipinski definition) is 4. The zero-order valence-corrected chi connectivity index (χ0v) is 14.0. The smallest absolute Gasteiger partial charge is 0.172 e. The predicted molar refractivity (Wildman–Crippen MR) is 84.3 cm³/mol. The number of methoxy groups -OCH3 is 1. The van der Waals surface area contributed by atoms with Crippen LogP contribution in [0.15, 0.2) is 16.6 Å². The van der Waals surface area contributed by atoms with Crippen molar-refractivity contribution in [3.8, 4) is 11.5 Å². The molecule has 0 atom stereocenters. The van der Waals surface area contributed by atoms with Gasteiger partial charge in [0.05, 0.1) is 18.2 Å². The Morgan fingerprint density at radius 2 is 2.05 bits per heavy atom. The van der Waals surface area contributed by atoms with Crippen LogP contribution in [0, 0.1) is 5.92 Å². The van der Waals surface area contributed by atoms with Crippen LogP contribution in [0.4, 0.5) is 0 Å². The summed E-state index contributed by atoms with van der Waals surface area (Å²) >= 11 is 3.31. The Bertz CT molecular complexity index is 410. The van der Waals surface area contributed by atoms with Gasteiger partial charge in [0.1, 0.15) is 0 Å². The van der Waals surface area contributed by atoms with Crippen LogP contribution >= 0.6 is 15.9 Å². The molecule has 1 aromatic rings. The van der Waals surface area contributed by atoms with E-state index in [2.05, 4.69) is 35.1 Å². The van der Waals surface area contributed by atoms with E-state index in [9.17, 15) is 5.11 Å². The van der Waals surface area contributed by atoms with Crippen molar-refractivity contribution >= 4 is 15.9 Å². The number of phenols is 1. The largest absolute Gasteiger partial charge is 0.503 e. The number of benzene rings is 1. The van der Waals surface area contributed by atoms with E-state index < -0.39 is 0 Å². The fourth-order valence-electron chi connectivity index (χ4n) is 1.68. The summed E-state index contributed by atoms with van der Waals surface area (Å²) in [5.74, 6) is 1.29. The lowest BCUT2D eigenvalue weighted by Gasteiger charge is -2.10. The number of halogens is 1. The number of phenolic OH excluding ortho intramolecular Hbond substituents is 1. The molecule has 5 heteroatoms. The zero-order chi connectivity index (χ0) is 15.0. The maximum absolute atomic E-state index is 9.72. The van der Waals surface area contributed by atoms with Crippen molar-refractivity contribution in [2.75, 3.05) is 26.9 Å². The first-order chi connectivity index (χ1) is 9.54. The summed E-state index contributed by atoms with van der Waals surface area (Å²) in [6, 6.07) is 3.71. The van der Waals surface area contributed by atoms with E-state index in [1.54, 1.807) is 7.11 Å². The summed E-state index contributed by atoms with van der Waals surface area (Å²) in [6.07, 6.45) is 1.10. The van der Waals surface area contributed by atoms with Gasteiger partial charge in [0.15, 0.2) is 11.5 Å². The number of ether oxygens (including phenoxy) is 2. The van der Waals surface area contributed by atoms with Gasteiger partial charge < -0.3 is 19.9 Å². The summed E-state index contributed by atoms with van der Waals surface area (Å²) in [5.41, 5.74) is 1.05. The van der Waals surface area contributed by atoms with Crippen LogP contribution in [-0.4, -0.2) is 32.0 Å². The zero-order valence-electron chi connectivity index (χ0n) is 12.4. The third-order valence-electron chi connectivity index (χ3n) is 2.90. The molecule has 0 aliphatic carbocycles. The molecule has 4 nitrogen and oxygen atoms in total. The van der Waals surface area contributed by atoms with Gasteiger partial charge in [-0.2, -0.15) is 0 Å². The summed E-state index contributed by atoms with van der Waals surface area (Å²) in [7, 11) is 1.54. The standard InChI is InChI=1S/C15H24BrNO3/c1-11(2)4-6-20-7-5-17-10-12-8-13(16)15(18)14(9-12)19-3/h8-9,11,17-18H,4-7,10H2,1-3H3. The average Bonchev–Trinajstić information content (AvgIpc) is 2.41. The maximum atomic E-state index is 9.72. The highest BCUT2D eigenvalue weighted by Gasteiger charge is 2.08. The molecule has 0 bridgehead atoms. The second kappa shape index (κ2) is 9.21. The second-order valence-corrected chi connectivity index (χ2v) is 5.95. The summed E-state index contributed by atoms with van der Waals surface area (Å²) in [4.78, 5) is 0. The van der Waals surface area contributed by atoms with E-state index >= 15 is 0 Å². The van der Waals surface area contributed by atoms with E-state index in [0.29, 0.717) is 29.3 Å². The number of rotatable bonds is 9. The normalized spacial score (nSPS) is 11.1. The van der Waals surface area contributed by atoms with Gasteiger partial charge in [-0.1, -0.05) is 13.8 Å². The fraction of sp³-hybridized carbons (Fsp3) is 0.600. The molecule has 0 heterocycles. The fourth-order valence-corrected chi connectivity index (χ4v) is 2.17. The highest BCUT2D eigenvalue weighted by molar-refractivity contribution is 9.10. The number of aromatic hydroxyl groups is 1. The molecule has 0 amide bonds. The van der Waals surface area contributed by atoms with Crippen molar-refractivity contribution in [1.82, 2.24) is 5.32 Å². The Morgan fingerprint density at radius 1 is 1.30 bits per heavy atom. The highest BCUT2D eigenvalue weighted by atomic mass is 79.9. The van der Waals surface area contributed by atoms with Gasteiger partial charge in [-0.05, 0) is 46.0 Å². The molecule has 20 heavy (non-hydrogen) atoms. The second-order valence-electron chi connectivity index (χ2n) is 5.10. The monoisotopic (exact) mass is 345 g/mol. The molecule has 1 aromatic carbocycles. The highest BCUT2D eigenvalue weighted by Crippen LogP contribution is 2.35. The Morgan fingerprint density at radius 3 is 2.70 bits per heavy atom. The molecule has 0 aliphatic rings. The van der Waals surface area contributed by atoms with Crippen molar-refractivity contribution in [2.45, 2.75) is 26.8 Å². The SMILES string of the molecule is COc1cc(CNCCOCCC(C)C)cc(Br)c1O. The quantitative estimate of drug-likeness (QED) is 0.674. The van der Waals surface area contributed by atoms with Crippen LogP contribution in [0.25, 0.3) is 0 Å². The molecule has 2 N–H and O–H groups in total. The lowest BCUT2D eigenvalue weighted by Crippen LogP contribution is -2.19. The lowest BCUT2D eigenvalue weighted by molar-refractivity contribution is 0.125. The van der Waals surface area contributed by atoms with E-state index in [4.69, 9.17) is 9.47 Å².